The first-order valence-electron chi connectivity index (χ1n) is 13.9. The molecule has 2 aromatic carbocycles. The molecule has 2 atom stereocenters. The first kappa shape index (κ1) is 28.4. The van der Waals surface area contributed by atoms with E-state index in [2.05, 4.69) is 10.3 Å². The largest absolute Gasteiger partial charge is 0.461 e. The fraction of sp³-hybridized carbons (Fsp3) is 0.400. The fourth-order valence-electron chi connectivity index (χ4n) is 5.35. The van der Waals surface area contributed by atoms with Gasteiger partial charge in [-0.2, -0.15) is 5.26 Å². The second kappa shape index (κ2) is 12.1. The summed E-state index contributed by atoms with van der Waals surface area (Å²) in [4.78, 5) is 34.4. The number of carbonyl (C=O) groups is 2. The fourth-order valence-corrected chi connectivity index (χ4v) is 6.71. The van der Waals surface area contributed by atoms with Gasteiger partial charge in [0.1, 0.15) is 23.2 Å². The van der Waals surface area contributed by atoms with Crippen molar-refractivity contribution >= 4 is 44.1 Å². The van der Waals surface area contributed by atoms with Crippen molar-refractivity contribution in [2.75, 3.05) is 31.5 Å². The van der Waals surface area contributed by atoms with Crippen LogP contribution in [0.15, 0.2) is 68.9 Å². The van der Waals surface area contributed by atoms with Gasteiger partial charge in [0.05, 0.1) is 17.5 Å². The molecular formula is C30H33N5O5S. The van der Waals surface area contributed by atoms with Gasteiger partial charge >= 0.3 is 0 Å². The van der Waals surface area contributed by atoms with Crippen LogP contribution in [0.25, 0.3) is 11.0 Å². The van der Waals surface area contributed by atoms with Crippen LogP contribution in [0.5, 0.6) is 0 Å². The molecule has 11 heteroatoms. The van der Waals surface area contributed by atoms with Crippen LogP contribution >= 0.6 is 0 Å². The van der Waals surface area contributed by atoms with Crippen molar-refractivity contribution in [3.63, 3.8) is 0 Å². The molecule has 2 aliphatic rings. The molecular weight excluding hydrogens is 542 g/mol. The summed E-state index contributed by atoms with van der Waals surface area (Å²) in [5.74, 6) is 0.148. The summed E-state index contributed by atoms with van der Waals surface area (Å²) >= 11 is 0. The molecule has 2 fully saturated rings. The zero-order valence-electron chi connectivity index (χ0n) is 23.0. The summed E-state index contributed by atoms with van der Waals surface area (Å²) in [5.41, 5.74) is 1.17. The quantitative estimate of drug-likeness (QED) is 0.333. The van der Waals surface area contributed by atoms with E-state index in [-0.39, 0.29) is 29.1 Å². The molecule has 1 unspecified atom stereocenters. The second-order valence-corrected chi connectivity index (χ2v) is 12.5. The Labute approximate surface area is 239 Å². The molecule has 2 aliphatic heterocycles. The van der Waals surface area contributed by atoms with E-state index in [9.17, 15) is 23.3 Å². The average molecular weight is 576 g/mol. The number of amides is 2. The average Bonchev–Trinajstić information content (AvgIpc) is 3.60. The number of furan rings is 1. The number of nitrogens with zero attached hydrogens (tertiary/aromatic N) is 4. The van der Waals surface area contributed by atoms with Crippen molar-refractivity contribution in [3.8, 4) is 6.07 Å². The number of amidine groups is 1. The minimum absolute atomic E-state index is 0.0213. The normalized spacial score (nSPS) is 19.2. The molecule has 41 heavy (non-hydrogen) atoms. The van der Waals surface area contributed by atoms with Crippen molar-refractivity contribution in [2.45, 2.75) is 55.2 Å². The van der Waals surface area contributed by atoms with Crippen LogP contribution in [0, 0.1) is 18.3 Å². The SMILES string of the molecule is Cc1cc2cc(NC(=N[C@H]3CCCCN(CC(=O)N4CCCC4)C3=O)C(C#N)S(=O)(=O)c3ccccc3)ccc2o1. The Bertz CT molecular complexity index is 1600. The van der Waals surface area contributed by atoms with Gasteiger partial charge in [0.25, 0.3) is 0 Å². The molecule has 0 aliphatic carbocycles. The molecule has 0 bridgehead atoms. The van der Waals surface area contributed by atoms with Crippen LogP contribution < -0.4 is 5.32 Å². The Hall–Kier alpha value is -4.17. The number of sulfone groups is 1. The van der Waals surface area contributed by atoms with Gasteiger partial charge in [0.2, 0.25) is 26.9 Å². The van der Waals surface area contributed by atoms with Gasteiger partial charge in [0, 0.05) is 30.7 Å². The van der Waals surface area contributed by atoms with Crippen molar-refractivity contribution in [1.29, 1.82) is 5.26 Å². The molecule has 3 heterocycles. The number of benzene rings is 2. The van der Waals surface area contributed by atoms with Gasteiger partial charge in [-0.3, -0.25) is 14.6 Å². The number of hydrogen-bond donors (Lipinski definition) is 1. The lowest BCUT2D eigenvalue weighted by Crippen LogP contribution is -2.45. The number of carbonyl (C=O) groups excluding carboxylic acids is 2. The third-order valence-electron chi connectivity index (χ3n) is 7.49. The molecule has 3 aromatic rings. The second-order valence-electron chi connectivity index (χ2n) is 10.5. The molecule has 0 saturated carbocycles. The summed E-state index contributed by atoms with van der Waals surface area (Å²) in [7, 11) is -4.19. The standard InChI is InChI=1S/C30H33N5O5S/c1-21-17-22-18-23(12-13-26(22)40-21)32-29(27(19-31)41(38,39)24-9-3-2-4-10-24)33-25-11-5-6-16-35(30(25)37)20-28(36)34-14-7-8-15-34/h2-4,9-10,12-13,17-18,25,27H,5-8,11,14-16,20H2,1H3,(H,32,33)/t25-,27?/m0/s1. The van der Waals surface area contributed by atoms with Gasteiger partial charge in [-0.1, -0.05) is 18.2 Å². The summed E-state index contributed by atoms with van der Waals surface area (Å²) in [5, 5.41) is 12.3. The lowest BCUT2D eigenvalue weighted by molar-refractivity contribution is -0.140. The van der Waals surface area contributed by atoms with E-state index in [1.54, 1.807) is 41.3 Å². The van der Waals surface area contributed by atoms with Crippen LogP contribution in [0.1, 0.15) is 37.9 Å². The van der Waals surface area contributed by atoms with Gasteiger partial charge < -0.3 is 19.5 Å². The first-order chi connectivity index (χ1) is 19.8. The van der Waals surface area contributed by atoms with Crippen LogP contribution in [-0.4, -0.2) is 73.3 Å². The number of nitriles is 1. The molecule has 214 valence electrons. The summed E-state index contributed by atoms with van der Waals surface area (Å²) in [6.45, 7) is 3.61. The van der Waals surface area contributed by atoms with E-state index in [0.29, 0.717) is 50.2 Å². The van der Waals surface area contributed by atoms with Crippen LogP contribution in [0.2, 0.25) is 0 Å². The maximum absolute atomic E-state index is 13.7. The summed E-state index contributed by atoms with van der Waals surface area (Å²) in [6.07, 6.45) is 3.66. The van der Waals surface area contributed by atoms with Gasteiger partial charge in [0.15, 0.2) is 0 Å². The van der Waals surface area contributed by atoms with Crippen molar-refractivity contribution in [1.82, 2.24) is 9.80 Å². The highest BCUT2D eigenvalue weighted by Crippen LogP contribution is 2.25. The van der Waals surface area contributed by atoms with E-state index in [4.69, 9.17) is 4.42 Å². The number of rotatable bonds is 7. The number of likely N-dealkylation sites (tertiary alicyclic amines) is 2. The highest BCUT2D eigenvalue weighted by Gasteiger charge is 2.36. The number of fused-ring (bicyclic) bond motifs is 1. The Morgan fingerprint density at radius 2 is 1.83 bits per heavy atom. The molecule has 5 rings (SSSR count). The predicted octanol–water partition coefficient (Wildman–Crippen LogP) is 3.92. The maximum Gasteiger partial charge on any atom is 0.247 e. The summed E-state index contributed by atoms with van der Waals surface area (Å²) < 4.78 is 33.0. The minimum Gasteiger partial charge on any atom is -0.461 e. The minimum atomic E-state index is -4.19. The van der Waals surface area contributed by atoms with E-state index >= 15 is 0 Å². The van der Waals surface area contributed by atoms with Crippen molar-refractivity contribution in [3.05, 3.63) is 60.4 Å². The number of aryl methyl sites for hydroxylation is 1. The topological polar surface area (TPSA) is 136 Å². The number of hydrogen-bond acceptors (Lipinski definition) is 7. The lowest BCUT2D eigenvalue weighted by Gasteiger charge is -2.26. The van der Waals surface area contributed by atoms with Crippen molar-refractivity contribution in [2.24, 2.45) is 4.99 Å². The third kappa shape index (κ3) is 6.28. The monoisotopic (exact) mass is 575 g/mol. The number of aliphatic imine (C=N–C) groups is 1. The highest BCUT2D eigenvalue weighted by molar-refractivity contribution is 7.93. The lowest BCUT2D eigenvalue weighted by atomic mass is 10.1. The Balaban J connectivity index is 1.50. The zero-order chi connectivity index (χ0) is 29.0. The van der Waals surface area contributed by atoms with E-state index in [1.807, 2.05) is 19.1 Å². The number of anilines is 1. The van der Waals surface area contributed by atoms with Gasteiger partial charge in [-0.05, 0) is 75.4 Å². The Kier molecular flexibility index (Phi) is 8.40. The van der Waals surface area contributed by atoms with Crippen molar-refractivity contribution < 1.29 is 22.4 Å². The predicted molar refractivity (Wildman–Crippen MR) is 155 cm³/mol. The van der Waals surface area contributed by atoms with Crippen LogP contribution in [0.4, 0.5) is 5.69 Å². The Morgan fingerprint density at radius 3 is 2.56 bits per heavy atom. The molecule has 1 aromatic heterocycles. The molecule has 0 radical (unpaired) electrons. The molecule has 0 spiro atoms. The smallest absolute Gasteiger partial charge is 0.247 e. The van der Waals surface area contributed by atoms with Gasteiger partial charge in [-0.25, -0.2) is 8.42 Å². The first-order valence-corrected chi connectivity index (χ1v) is 15.4. The molecule has 2 saturated heterocycles. The van der Waals surface area contributed by atoms with Gasteiger partial charge in [-0.15, -0.1) is 0 Å². The van der Waals surface area contributed by atoms with E-state index in [1.165, 1.54) is 17.0 Å². The molecule has 2 amide bonds. The molecule has 10 nitrogen and oxygen atoms in total. The highest BCUT2D eigenvalue weighted by atomic mass is 32.2. The Morgan fingerprint density at radius 1 is 1.10 bits per heavy atom. The van der Waals surface area contributed by atoms with E-state index in [0.717, 1.165) is 24.0 Å². The summed E-state index contributed by atoms with van der Waals surface area (Å²) in [6, 6.07) is 15.8. The zero-order valence-corrected chi connectivity index (χ0v) is 23.8. The van der Waals surface area contributed by atoms with Crippen LogP contribution in [0.3, 0.4) is 0 Å². The van der Waals surface area contributed by atoms with E-state index < -0.39 is 21.1 Å². The maximum atomic E-state index is 13.7. The third-order valence-corrected chi connectivity index (χ3v) is 9.37. The number of nitrogens with one attached hydrogen (secondary N) is 1. The van der Waals surface area contributed by atoms with Crippen LogP contribution in [-0.2, 0) is 19.4 Å². The molecule has 1 N–H and O–H groups in total.